The van der Waals surface area contributed by atoms with E-state index in [1.54, 1.807) is 12.1 Å². The fourth-order valence-corrected chi connectivity index (χ4v) is 2.89. The molecule has 0 N–H and O–H groups in total. The third-order valence-electron chi connectivity index (χ3n) is 3.42. The van der Waals surface area contributed by atoms with E-state index in [-0.39, 0.29) is 5.82 Å². The SMILES string of the molecule is Fc1cccc(CN2CCCC(CCCl)C2)c1. The average Bonchev–Trinajstić information content (AvgIpc) is 2.30. The Hall–Kier alpha value is -0.600. The zero-order valence-corrected chi connectivity index (χ0v) is 10.8. The van der Waals surface area contributed by atoms with E-state index in [4.69, 9.17) is 11.6 Å². The van der Waals surface area contributed by atoms with Crippen molar-refractivity contribution in [3.8, 4) is 0 Å². The van der Waals surface area contributed by atoms with E-state index < -0.39 is 0 Å². The van der Waals surface area contributed by atoms with E-state index in [1.807, 2.05) is 6.07 Å². The van der Waals surface area contributed by atoms with Crippen LogP contribution in [-0.2, 0) is 6.54 Å². The summed E-state index contributed by atoms with van der Waals surface area (Å²) >= 11 is 5.80. The number of rotatable bonds is 4. The number of halogens is 2. The monoisotopic (exact) mass is 255 g/mol. The molecule has 2 rings (SSSR count). The Morgan fingerprint density at radius 3 is 3.06 bits per heavy atom. The van der Waals surface area contributed by atoms with Crippen LogP contribution in [0.1, 0.15) is 24.8 Å². The van der Waals surface area contributed by atoms with Crippen LogP contribution in [0.3, 0.4) is 0 Å². The lowest BCUT2D eigenvalue weighted by atomic mass is 9.95. The second-order valence-corrected chi connectivity index (χ2v) is 5.23. The van der Waals surface area contributed by atoms with Crippen molar-refractivity contribution in [1.82, 2.24) is 4.90 Å². The van der Waals surface area contributed by atoms with E-state index in [2.05, 4.69) is 4.90 Å². The van der Waals surface area contributed by atoms with Gasteiger partial charge in [0.15, 0.2) is 0 Å². The fourth-order valence-electron chi connectivity index (χ4n) is 2.58. The number of piperidine rings is 1. The van der Waals surface area contributed by atoms with Crippen molar-refractivity contribution in [1.29, 1.82) is 0 Å². The van der Waals surface area contributed by atoms with Gasteiger partial charge in [-0.05, 0) is 49.4 Å². The van der Waals surface area contributed by atoms with Crippen molar-refractivity contribution in [3.05, 3.63) is 35.6 Å². The van der Waals surface area contributed by atoms with Crippen molar-refractivity contribution in [2.75, 3.05) is 19.0 Å². The van der Waals surface area contributed by atoms with Crippen LogP contribution >= 0.6 is 11.6 Å². The molecule has 3 heteroatoms. The van der Waals surface area contributed by atoms with Crippen molar-refractivity contribution in [2.24, 2.45) is 5.92 Å². The van der Waals surface area contributed by atoms with E-state index in [0.29, 0.717) is 0 Å². The molecule has 1 aromatic rings. The molecule has 1 nitrogen and oxygen atoms in total. The van der Waals surface area contributed by atoms with Gasteiger partial charge >= 0.3 is 0 Å². The normalized spacial score (nSPS) is 21.6. The average molecular weight is 256 g/mol. The summed E-state index contributed by atoms with van der Waals surface area (Å²) in [5.74, 6) is 1.32. The van der Waals surface area contributed by atoms with Crippen molar-refractivity contribution in [3.63, 3.8) is 0 Å². The molecule has 0 radical (unpaired) electrons. The topological polar surface area (TPSA) is 3.24 Å². The molecule has 17 heavy (non-hydrogen) atoms. The van der Waals surface area contributed by atoms with E-state index >= 15 is 0 Å². The second kappa shape index (κ2) is 6.36. The summed E-state index contributed by atoms with van der Waals surface area (Å²) in [5.41, 5.74) is 1.07. The summed E-state index contributed by atoms with van der Waals surface area (Å²) in [7, 11) is 0. The van der Waals surface area contributed by atoms with Crippen LogP contribution < -0.4 is 0 Å². The van der Waals surface area contributed by atoms with Gasteiger partial charge in [-0.25, -0.2) is 4.39 Å². The Bertz CT molecular complexity index is 354. The first-order valence-electron chi connectivity index (χ1n) is 6.30. The Morgan fingerprint density at radius 1 is 1.41 bits per heavy atom. The molecule has 1 unspecified atom stereocenters. The van der Waals surface area contributed by atoms with E-state index in [1.165, 1.54) is 18.9 Å². The molecule has 1 heterocycles. The minimum Gasteiger partial charge on any atom is -0.299 e. The van der Waals surface area contributed by atoms with Crippen LogP contribution in [0.5, 0.6) is 0 Å². The third kappa shape index (κ3) is 3.97. The van der Waals surface area contributed by atoms with Gasteiger partial charge in [0.25, 0.3) is 0 Å². The molecule has 1 aromatic carbocycles. The molecule has 94 valence electrons. The smallest absolute Gasteiger partial charge is 0.123 e. The molecule has 1 aliphatic heterocycles. The molecular weight excluding hydrogens is 237 g/mol. The molecule has 0 spiro atoms. The van der Waals surface area contributed by atoms with Crippen LogP contribution in [-0.4, -0.2) is 23.9 Å². The summed E-state index contributed by atoms with van der Waals surface area (Å²) in [5, 5.41) is 0. The highest BCUT2D eigenvalue weighted by Crippen LogP contribution is 2.21. The van der Waals surface area contributed by atoms with Crippen molar-refractivity contribution >= 4 is 11.6 Å². The third-order valence-corrected chi connectivity index (χ3v) is 3.63. The van der Waals surface area contributed by atoms with Gasteiger partial charge in [-0.1, -0.05) is 12.1 Å². The van der Waals surface area contributed by atoms with Gasteiger partial charge in [0, 0.05) is 19.0 Å². The molecule has 0 bridgehead atoms. The van der Waals surface area contributed by atoms with Crippen LogP contribution in [0.25, 0.3) is 0 Å². The lowest BCUT2D eigenvalue weighted by Gasteiger charge is -2.32. The summed E-state index contributed by atoms with van der Waals surface area (Å²) in [6.45, 7) is 3.08. The maximum absolute atomic E-state index is 13.1. The molecule has 1 saturated heterocycles. The molecular formula is C14H19ClFN. The van der Waals surface area contributed by atoms with Gasteiger partial charge in [0.05, 0.1) is 0 Å². The highest BCUT2D eigenvalue weighted by molar-refractivity contribution is 6.17. The summed E-state index contributed by atoms with van der Waals surface area (Å²) in [4.78, 5) is 2.41. The lowest BCUT2D eigenvalue weighted by molar-refractivity contribution is 0.165. The maximum Gasteiger partial charge on any atom is 0.123 e. The highest BCUT2D eigenvalue weighted by atomic mass is 35.5. The Balaban J connectivity index is 1.90. The molecule has 0 aromatic heterocycles. The summed E-state index contributed by atoms with van der Waals surface area (Å²) < 4.78 is 13.1. The van der Waals surface area contributed by atoms with Crippen LogP contribution in [0.4, 0.5) is 4.39 Å². The quantitative estimate of drug-likeness (QED) is 0.742. The van der Waals surface area contributed by atoms with E-state index in [9.17, 15) is 4.39 Å². The number of likely N-dealkylation sites (tertiary alicyclic amines) is 1. The zero-order chi connectivity index (χ0) is 12.1. The number of benzene rings is 1. The molecule has 0 saturated carbocycles. The Labute approximate surface area is 108 Å². The number of nitrogens with zero attached hydrogens (tertiary/aromatic N) is 1. The number of alkyl halides is 1. The first-order chi connectivity index (χ1) is 8.28. The lowest BCUT2D eigenvalue weighted by Crippen LogP contribution is -2.35. The number of hydrogen-bond donors (Lipinski definition) is 0. The van der Waals surface area contributed by atoms with Gasteiger partial charge in [0.1, 0.15) is 5.82 Å². The van der Waals surface area contributed by atoms with Crippen molar-refractivity contribution in [2.45, 2.75) is 25.8 Å². The molecule has 0 amide bonds. The molecule has 1 atom stereocenters. The molecule has 0 aliphatic carbocycles. The van der Waals surface area contributed by atoms with Crippen LogP contribution in [0.15, 0.2) is 24.3 Å². The van der Waals surface area contributed by atoms with Gasteiger partial charge in [-0.3, -0.25) is 4.90 Å². The Morgan fingerprint density at radius 2 is 2.29 bits per heavy atom. The fraction of sp³-hybridized carbons (Fsp3) is 0.571. The largest absolute Gasteiger partial charge is 0.299 e. The number of hydrogen-bond acceptors (Lipinski definition) is 1. The minimum atomic E-state index is -0.142. The predicted molar refractivity (Wildman–Crippen MR) is 69.7 cm³/mol. The molecule has 1 fully saturated rings. The predicted octanol–water partition coefficient (Wildman–Crippen LogP) is 3.67. The van der Waals surface area contributed by atoms with Crippen LogP contribution in [0, 0.1) is 11.7 Å². The summed E-state index contributed by atoms with van der Waals surface area (Å²) in [6.07, 6.45) is 3.62. The molecule has 1 aliphatic rings. The van der Waals surface area contributed by atoms with Crippen LogP contribution in [0.2, 0.25) is 0 Å². The highest BCUT2D eigenvalue weighted by Gasteiger charge is 2.19. The van der Waals surface area contributed by atoms with Gasteiger partial charge in [0.2, 0.25) is 0 Å². The second-order valence-electron chi connectivity index (χ2n) is 4.85. The standard InChI is InChI=1S/C14H19ClFN/c15-7-6-12-4-2-8-17(10-12)11-13-3-1-5-14(16)9-13/h1,3,5,9,12H,2,4,6-8,10-11H2. The minimum absolute atomic E-state index is 0.142. The maximum atomic E-state index is 13.1. The Kier molecular flexibility index (Phi) is 4.81. The summed E-state index contributed by atoms with van der Waals surface area (Å²) in [6, 6.07) is 6.90. The first-order valence-corrected chi connectivity index (χ1v) is 6.84. The van der Waals surface area contributed by atoms with Gasteiger partial charge in [-0.15, -0.1) is 11.6 Å². The van der Waals surface area contributed by atoms with E-state index in [0.717, 1.165) is 43.4 Å². The van der Waals surface area contributed by atoms with Gasteiger partial charge < -0.3 is 0 Å². The van der Waals surface area contributed by atoms with Crippen molar-refractivity contribution < 1.29 is 4.39 Å². The first kappa shape index (κ1) is 12.8. The van der Waals surface area contributed by atoms with Gasteiger partial charge in [-0.2, -0.15) is 0 Å². The zero-order valence-electron chi connectivity index (χ0n) is 10.0.